The van der Waals surface area contributed by atoms with Crippen molar-refractivity contribution in [3.05, 3.63) is 48.0 Å². The highest BCUT2D eigenvalue weighted by atomic mass is 32.2. The lowest BCUT2D eigenvalue weighted by atomic mass is 10.0. The Labute approximate surface area is 206 Å². The van der Waals surface area contributed by atoms with Crippen molar-refractivity contribution in [2.45, 2.75) is 43.7 Å². The minimum Gasteiger partial charge on any atom is -0.487 e. The smallest absolute Gasteiger partial charge is 0.247 e. The van der Waals surface area contributed by atoms with Crippen LogP contribution in [0, 0.1) is 23.2 Å². The van der Waals surface area contributed by atoms with Crippen LogP contribution in [0.25, 0.3) is 11.1 Å². The Hall–Kier alpha value is -2.93. The van der Waals surface area contributed by atoms with E-state index >= 15 is 0 Å². The molecule has 9 heteroatoms. The van der Waals surface area contributed by atoms with Crippen molar-refractivity contribution in [3.8, 4) is 22.9 Å². The number of rotatable bonds is 6. The maximum Gasteiger partial charge on any atom is 0.247 e. The molecule has 0 radical (unpaired) electrons. The number of hydrogen-bond donors (Lipinski definition) is 1. The number of hydrogen-bond acceptors (Lipinski definition) is 6. The lowest BCUT2D eigenvalue weighted by molar-refractivity contribution is -0.132. The van der Waals surface area contributed by atoms with E-state index in [4.69, 9.17) is 4.74 Å². The highest BCUT2D eigenvalue weighted by Gasteiger charge is 2.39. The van der Waals surface area contributed by atoms with Crippen molar-refractivity contribution in [1.29, 1.82) is 5.26 Å². The second kappa shape index (κ2) is 9.97. The molecule has 8 nitrogen and oxygen atoms in total. The molecule has 1 aliphatic carbocycles. The van der Waals surface area contributed by atoms with Crippen LogP contribution in [0.3, 0.4) is 0 Å². The summed E-state index contributed by atoms with van der Waals surface area (Å²) in [5.41, 5.74) is 1.98. The van der Waals surface area contributed by atoms with Gasteiger partial charge in [0, 0.05) is 31.5 Å². The van der Waals surface area contributed by atoms with E-state index in [-0.39, 0.29) is 41.5 Å². The zero-order valence-electron chi connectivity index (χ0n) is 20.2. The molecule has 1 aliphatic heterocycles. The Bertz CT molecular complexity index is 1250. The highest BCUT2D eigenvalue weighted by molar-refractivity contribution is 7.89. The van der Waals surface area contributed by atoms with Crippen LogP contribution >= 0.6 is 0 Å². The molecule has 1 heterocycles. The molecule has 2 aromatic carbocycles. The van der Waals surface area contributed by atoms with Crippen LogP contribution in [-0.4, -0.2) is 67.5 Å². The lowest BCUT2D eigenvalue weighted by Gasteiger charge is -2.37. The molecule has 2 aliphatic rings. The Morgan fingerprint density at radius 1 is 1.26 bits per heavy atom. The van der Waals surface area contributed by atoms with Gasteiger partial charge in [-0.2, -0.15) is 9.57 Å². The van der Waals surface area contributed by atoms with Crippen molar-refractivity contribution >= 4 is 15.9 Å². The second-order valence-corrected chi connectivity index (χ2v) is 11.4. The summed E-state index contributed by atoms with van der Waals surface area (Å²) in [6.45, 7) is 3.74. The molecule has 1 saturated carbocycles. The Kier molecular flexibility index (Phi) is 7.17. The summed E-state index contributed by atoms with van der Waals surface area (Å²) in [6, 6.07) is 13.5. The number of ether oxygens (including phenoxy) is 1. The fourth-order valence-electron chi connectivity index (χ4n) is 4.39. The predicted octanol–water partition coefficient (Wildman–Crippen LogP) is 2.86. The van der Waals surface area contributed by atoms with Crippen LogP contribution in [-0.2, 0) is 14.8 Å². The number of likely N-dealkylation sites (N-methyl/N-ethyl adjacent to an activating group) is 1. The number of aliphatic hydroxyl groups excluding tert-OH is 1. The molecule has 4 rings (SSSR count). The average Bonchev–Trinajstić information content (AvgIpc) is 3.70. The first kappa shape index (κ1) is 25.2. The maximum atomic E-state index is 13.6. The minimum absolute atomic E-state index is 0.0195. The van der Waals surface area contributed by atoms with Crippen molar-refractivity contribution in [2.24, 2.45) is 11.8 Å². The van der Waals surface area contributed by atoms with Crippen LogP contribution in [0.5, 0.6) is 5.75 Å². The molecule has 0 saturated heterocycles. The van der Waals surface area contributed by atoms with Gasteiger partial charge in [0.1, 0.15) is 16.7 Å². The van der Waals surface area contributed by atoms with Gasteiger partial charge >= 0.3 is 0 Å². The van der Waals surface area contributed by atoms with E-state index in [0.29, 0.717) is 17.7 Å². The molecule has 1 fully saturated rings. The number of fused-ring (bicyclic) bond motifs is 1. The molecule has 0 spiro atoms. The van der Waals surface area contributed by atoms with Gasteiger partial charge in [-0.3, -0.25) is 4.79 Å². The summed E-state index contributed by atoms with van der Waals surface area (Å²) in [5, 5.41) is 19.1. The van der Waals surface area contributed by atoms with Gasteiger partial charge in [-0.05, 0) is 55.2 Å². The molecule has 0 bridgehead atoms. The molecule has 2 aromatic rings. The normalized spacial score (nSPS) is 22.6. The minimum atomic E-state index is -3.95. The molecule has 0 aromatic heterocycles. The lowest BCUT2D eigenvalue weighted by Crippen LogP contribution is -2.50. The van der Waals surface area contributed by atoms with Gasteiger partial charge in [-0.25, -0.2) is 8.42 Å². The summed E-state index contributed by atoms with van der Waals surface area (Å²) in [4.78, 5) is 14.3. The van der Waals surface area contributed by atoms with Crippen LogP contribution in [0.15, 0.2) is 47.4 Å². The van der Waals surface area contributed by atoms with Gasteiger partial charge in [-0.1, -0.05) is 25.1 Å². The fraction of sp³-hybridized carbons (Fsp3) is 0.462. The monoisotopic (exact) mass is 497 g/mol. The van der Waals surface area contributed by atoms with Crippen LogP contribution in [0.4, 0.5) is 0 Å². The molecule has 0 unspecified atom stereocenters. The van der Waals surface area contributed by atoms with Gasteiger partial charge in [0.15, 0.2) is 0 Å². The summed E-state index contributed by atoms with van der Waals surface area (Å²) in [6.07, 6.45) is 1.35. The molecular weight excluding hydrogens is 466 g/mol. The topological polar surface area (TPSA) is 111 Å². The van der Waals surface area contributed by atoms with E-state index in [1.165, 1.54) is 10.4 Å². The Balaban J connectivity index is 1.78. The number of carbonyl (C=O) groups is 1. The first-order valence-corrected chi connectivity index (χ1v) is 13.3. The van der Waals surface area contributed by atoms with Crippen molar-refractivity contribution in [3.63, 3.8) is 0 Å². The van der Waals surface area contributed by atoms with Gasteiger partial charge in [0.25, 0.3) is 0 Å². The number of benzene rings is 2. The van der Waals surface area contributed by atoms with E-state index in [0.717, 1.165) is 18.4 Å². The first-order valence-electron chi connectivity index (χ1n) is 11.8. The zero-order chi connectivity index (χ0) is 25.3. The number of nitriles is 1. The number of carbonyl (C=O) groups excluding carboxylic acids is 1. The third kappa shape index (κ3) is 5.20. The largest absolute Gasteiger partial charge is 0.487 e. The van der Waals surface area contributed by atoms with Crippen molar-refractivity contribution < 1.29 is 23.1 Å². The quantitative estimate of drug-likeness (QED) is 0.657. The van der Waals surface area contributed by atoms with Crippen LogP contribution in [0.2, 0.25) is 0 Å². The van der Waals surface area contributed by atoms with Crippen molar-refractivity contribution in [1.82, 2.24) is 9.21 Å². The van der Waals surface area contributed by atoms with E-state index in [9.17, 15) is 23.6 Å². The van der Waals surface area contributed by atoms with Gasteiger partial charge in [0.2, 0.25) is 15.9 Å². The third-order valence-electron chi connectivity index (χ3n) is 6.75. The molecule has 1 amide bonds. The predicted molar refractivity (Wildman–Crippen MR) is 131 cm³/mol. The van der Waals surface area contributed by atoms with Gasteiger partial charge < -0.3 is 14.7 Å². The van der Waals surface area contributed by atoms with E-state index in [2.05, 4.69) is 6.07 Å². The molecule has 186 valence electrons. The standard InChI is InChI=1S/C26H31N3O5S/c1-17-14-29(18(2)16-30)35(32,33)25-10-9-22(21-6-4-5-19(11-21)13-27)12-23(25)34-24(17)15-28(3)26(31)20-7-8-20/h4-6,9-12,17-18,20,24,30H,7-8,14-16H2,1-3H3/t17-,18+,24+/m1/s1. The number of nitrogens with zero attached hydrogens (tertiary/aromatic N) is 3. The summed E-state index contributed by atoms with van der Waals surface area (Å²) >= 11 is 0. The fourth-order valence-corrected chi connectivity index (χ4v) is 6.22. The Morgan fingerprint density at radius 3 is 2.63 bits per heavy atom. The summed E-state index contributed by atoms with van der Waals surface area (Å²) in [7, 11) is -2.20. The van der Waals surface area contributed by atoms with Crippen LogP contribution < -0.4 is 4.74 Å². The molecule has 35 heavy (non-hydrogen) atoms. The van der Waals surface area contributed by atoms with E-state index < -0.39 is 22.2 Å². The van der Waals surface area contributed by atoms with Crippen LogP contribution in [0.1, 0.15) is 32.3 Å². The summed E-state index contributed by atoms with van der Waals surface area (Å²) in [5.74, 6) is 0.107. The van der Waals surface area contributed by atoms with E-state index in [1.807, 2.05) is 13.0 Å². The zero-order valence-corrected chi connectivity index (χ0v) is 21.0. The number of sulfonamides is 1. The third-order valence-corrected chi connectivity index (χ3v) is 8.77. The number of aliphatic hydroxyl groups is 1. The Morgan fingerprint density at radius 2 is 1.97 bits per heavy atom. The van der Waals surface area contributed by atoms with Gasteiger partial charge in [0.05, 0.1) is 24.8 Å². The maximum absolute atomic E-state index is 13.6. The van der Waals surface area contributed by atoms with Gasteiger partial charge in [-0.15, -0.1) is 0 Å². The number of amides is 1. The average molecular weight is 498 g/mol. The highest BCUT2D eigenvalue weighted by Crippen LogP contribution is 2.37. The molecular formula is C26H31N3O5S. The first-order chi connectivity index (χ1) is 16.6. The molecule has 1 N–H and O–H groups in total. The van der Waals surface area contributed by atoms with E-state index in [1.54, 1.807) is 49.2 Å². The molecule has 3 atom stereocenters. The summed E-state index contributed by atoms with van der Waals surface area (Å²) < 4.78 is 34.9. The van der Waals surface area contributed by atoms with Crippen molar-refractivity contribution in [2.75, 3.05) is 26.7 Å². The second-order valence-electron chi connectivity index (χ2n) is 9.59. The SMILES string of the molecule is C[C@@H]1CN([C@@H](C)CO)S(=O)(=O)c2ccc(-c3cccc(C#N)c3)cc2O[C@H]1CN(C)C(=O)C1CC1.